The van der Waals surface area contributed by atoms with E-state index in [0.717, 1.165) is 41.3 Å². The predicted octanol–water partition coefficient (Wildman–Crippen LogP) is 7.36. The molecule has 162 valence electrons. The van der Waals surface area contributed by atoms with Crippen molar-refractivity contribution in [3.63, 3.8) is 0 Å². The highest BCUT2D eigenvalue weighted by atomic mass is 127. The van der Waals surface area contributed by atoms with Crippen LogP contribution in [0.1, 0.15) is 16.7 Å². The van der Waals surface area contributed by atoms with Crippen molar-refractivity contribution < 1.29 is 14.3 Å². The van der Waals surface area contributed by atoms with Gasteiger partial charge in [-0.3, -0.25) is 14.5 Å². The van der Waals surface area contributed by atoms with Gasteiger partial charge in [-0.2, -0.15) is 0 Å². The van der Waals surface area contributed by atoms with E-state index in [1.807, 2.05) is 48.5 Å². The lowest BCUT2D eigenvalue weighted by Crippen LogP contribution is -2.27. The summed E-state index contributed by atoms with van der Waals surface area (Å²) in [7, 11) is 0. The minimum Gasteiger partial charge on any atom is -0.487 e. The zero-order chi connectivity index (χ0) is 22.7. The van der Waals surface area contributed by atoms with Crippen molar-refractivity contribution in [3.8, 4) is 5.75 Å². The number of amides is 2. The molecule has 0 aromatic heterocycles. The van der Waals surface area contributed by atoms with E-state index in [0.29, 0.717) is 16.5 Å². The van der Waals surface area contributed by atoms with Gasteiger partial charge in [-0.1, -0.05) is 54.1 Å². The van der Waals surface area contributed by atoms with Gasteiger partial charge in [-0.15, -0.1) is 0 Å². The van der Waals surface area contributed by atoms with Crippen LogP contribution in [0, 0.1) is 7.14 Å². The highest BCUT2D eigenvalue weighted by Gasteiger charge is 2.35. The normalized spacial score (nSPS) is 15.0. The van der Waals surface area contributed by atoms with E-state index >= 15 is 0 Å². The molecule has 2 amide bonds. The van der Waals surface area contributed by atoms with Crippen molar-refractivity contribution in [2.24, 2.45) is 0 Å². The summed E-state index contributed by atoms with van der Waals surface area (Å²) in [6.45, 7) is 0.679. The summed E-state index contributed by atoms with van der Waals surface area (Å²) in [6, 6.07) is 21.1. The molecule has 1 heterocycles. The Bertz CT molecular complexity index is 1190. The van der Waals surface area contributed by atoms with E-state index in [4.69, 9.17) is 16.3 Å². The number of rotatable bonds is 6. The van der Waals surface area contributed by atoms with Crippen molar-refractivity contribution in [2.75, 3.05) is 0 Å². The molecule has 1 fully saturated rings. The van der Waals surface area contributed by atoms with E-state index in [-0.39, 0.29) is 17.7 Å². The monoisotopic (exact) mass is 687 g/mol. The summed E-state index contributed by atoms with van der Waals surface area (Å²) in [5.74, 6) is 0.510. The molecule has 32 heavy (non-hydrogen) atoms. The van der Waals surface area contributed by atoms with E-state index in [1.54, 1.807) is 24.3 Å². The molecule has 4 rings (SSSR count). The second-order valence-corrected chi connectivity index (χ2v) is 10.7. The number of imide groups is 1. The van der Waals surface area contributed by atoms with Gasteiger partial charge in [0, 0.05) is 5.02 Å². The molecule has 0 bridgehead atoms. The number of thioether (sulfide) groups is 1. The number of carbonyl (C=O) groups excluding carboxylic acids is 2. The van der Waals surface area contributed by atoms with Crippen LogP contribution in [-0.2, 0) is 17.9 Å². The second kappa shape index (κ2) is 10.6. The summed E-state index contributed by atoms with van der Waals surface area (Å²) in [5, 5.41) is 0.289. The minimum atomic E-state index is -0.297. The first-order valence-electron chi connectivity index (χ1n) is 9.56. The molecule has 0 N–H and O–H groups in total. The molecule has 0 unspecified atom stereocenters. The summed E-state index contributed by atoms with van der Waals surface area (Å²) < 4.78 is 7.91. The van der Waals surface area contributed by atoms with Crippen molar-refractivity contribution in [3.05, 3.63) is 100 Å². The molecule has 0 atom stereocenters. The molecule has 3 aromatic rings. The van der Waals surface area contributed by atoms with Gasteiger partial charge in [0.15, 0.2) is 0 Å². The van der Waals surface area contributed by atoms with E-state index in [1.165, 1.54) is 4.90 Å². The summed E-state index contributed by atoms with van der Waals surface area (Å²) in [6.07, 6.45) is 1.76. The van der Waals surface area contributed by atoms with Crippen molar-refractivity contribution >= 4 is 85.8 Å². The van der Waals surface area contributed by atoms with Crippen molar-refractivity contribution in [1.82, 2.24) is 4.90 Å². The Balaban J connectivity index is 1.50. The van der Waals surface area contributed by atoms with Crippen LogP contribution in [0.5, 0.6) is 5.75 Å². The molecule has 0 radical (unpaired) electrons. The highest BCUT2D eigenvalue weighted by Crippen LogP contribution is 2.35. The van der Waals surface area contributed by atoms with Gasteiger partial charge in [0.05, 0.1) is 18.6 Å². The van der Waals surface area contributed by atoms with Crippen LogP contribution in [0.3, 0.4) is 0 Å². The molecule has 4 nitrogen and oxygen atoms in total. The number of benzene rings is 3. The smallest absolute Gasteiger partial charge is 0.293 e. The zero-order valence-electron chi connectivity index (χ0n) is 16.6. The predicted molar refractivity (Wildman–Crippen MR) is 146 cm³/mol. The SMILES string of the molecule is O=C1S/C(=C\c2cc(I)c(OCc3ccccc3)c(I)c2)C(=O)N1Cc1cccc(Cl)c1. The van der Waals surface area contributed by atoms with Gasteiger partial charge in [0.25, 0.3) is 11.1 Å². The van der Waals surface area contributed by atoms with Gasteiger partial charge >= 0.3 is 0 Å². The lowest BCUT2D eigenvalue weighted by atomic mass is 10.2. The molecule has 0 aliphatic carbocycles. The third-order valence-electron chi connectivity index (χ3n) is 4.65. The van der Waals surface area contributed by atoms with Gasteiger partial charge in [-0.05, 0) is 104 Å². The number of ether oxygens (including phenoxy) is 1. The Morgan fingerprint density at radius 1 is 0.938 bits per heavy atom. The lowest BCUT2D eigenvalue weighted by molar-refractivity contribution is -0.123. The van der Waals surface area contributed by atoms with Crippen LogP contribution in [0.4, 0.5) is 4.79 Å². The highest BCUT2D eigenvalue weighted by molar-refractivity contribution is 14.1. The molecule has 1 saturated heterocycles. The minimum absolute atomic E-state index is 0.198. The standard InChI is InChI=1S/C24H16ClI2NO3S/c25-18-8-4-7-16(9-18)13-28-23(29)21(32-24(28)30)12-17-10-19(26)22(20(27)11-17)31-14-15-5-2-1-3-6-15/h1-12H,13-14H2/b21-12-. The fraction of sp³-hybridized carbons (Fsp3) is 0.0833. The maximum absolute atomic E-state index is 12.9. The van der Waals surface area contributed by atoms with Crippen LogP contribution >= 0.6 is 68.5 Å². The van der Waals surface area contributed by atoms with Crippen LogP contribution < -0.4 is 4.74 Å². The summed E-state index contributed by atoms with van der Waals surface area (Å²) in [4.78, 5) is 27.0. The quantitative estimate of drug-likeness (QED) is 0.201. The first kappa shape index (κ1) is 23.6. The Morgan fingerprint density at radius 2 is 1.62 bits per heavy atom. The van der Waals surface area contributed by atoms with Crippen LogP contribution in [0.15, 0.2) is 71.6 Å². The summed E-state index contributed by atoms with van der Waals surface area (Å²) >= 11 is 11.4. The van der Waals surface area contributed by atoms with Crippen LogP contribution in [0.25, 0.3) is 6.08 Å². The first-order chi connectivity index (χ1) is 15.4. The third kappa shape index (κ3) is 5.67. The average Bonchev–Trinajstić information content (AvgIpc) is 3.01. The first-order valence-corrected chi connectivity index (χ1v) is 12.9. The average molecular weight is 688 g/mol. The lowest BCUT2D eigenvalue weighted by Gasteiger charge is -2.13. The van der Waals surface area contributed by atoms with E-state index < -0.39 is 0 Å². The molecule has 3 aromatic carbocycles. The van der Waals surface area contributed by atoms with Gasteiger partial charge in [0.1, 0.15) is 12.4 Å². The number of hydrogen-bond acceptors (Lipinski definition) is 4. The number of nitrogens with zero attached hydrogens (tertiary/aromatic N) is 1. The molecule has 8 heteroatoms. The van der Waals surface area contributed by atoms with Crippen molar-refractivity contribution in [2.45, 2.75) is 13.2 Å². The van der Waals surface area contributed by atoms with Gasteiger partial charge < -0.3 is 4.74 Å². The topological polar surface area (TPSA) is 46.6 Å². The molecule has 1 aliphatic rings. The third-order valence-corrected chi connectivity index (χ3v) is 7.39. The van der Waals surface area contributed by atoms with Crippen molar-refractivity contribution in [1.29, 1.82) is 0 Å². The maximum Gasteiger partial charge on any atom is 0.293 e. The number of hydrogen-bond donors (Lipinski definition) is 0. The molecule has 0 saturated carbocycles. The van der Waals surface area contributed by atoms with Gasteiger partial charge in [0.2, 0.25) is 0 Å². The van der Waals surface area contributed by atoms with Crippen LogP contribution in [0.2, 0.25) is 5.02 Å². The van der Waals surface area contributed by atoms with E-state index in [2.05, 4.69) is 45.2 Å². The largest absolute Gasteiger partial charge is 0.487 e. The van der Waals surface area contributed by atoms with Gasteiger partial charge in [-0.25, -0.2) is 0 Å². The fourth-order valence-electron chi connectivity index (χ4n) is 3.14. The molecule has 0 spiro atoms. The number of carbonyl (C=O) groups is 2. The summed E-state index contributed by atoms with van der Waals surface area (Å²) in [5.41, 5.74) is 2.75. The zero-order valence-corrected chi connectivity index (χ0v) is 22.4. The number of halogens is 3. The second-order valence-electron chi connectivity index (χ2n) is 6.99. The van der Waals surface area contributed by atoms with Crippen LogP contribution in [-0.4, -0.2) is 16.0 Å². The molecular weight excluding hydrogens is 672 g/mol. The maximum atomic E-state index is 12.9. The Morgan fingerprint density at radius 3 is 2.31 bits per heavy atom. The Hall–Kier alpha value is -1.56. The Kier molecular flexibility index (Phi) is 7.80. The Labute approximate surface area is 222 Å². The molecule has 1 aliphatic heterocycles. The molecular formula is C24H16ClI2NO3S. The van der Waals surface area contributed by atoms with E-state index in [9.17, 15) is 9.59 Å². The fourth-order valence-corrected chi connectivity index (χ4v) is 6.31.